The minimum Gasteiger partial charge on any atom is -0.399 e. The van der Waals surface area contributed by atoms with Gasteiger partial charge in [-0.1, -0.05) is 23.8 Å². The molecule has 4 heteroatoms. The van der Waals surface area contributed by atoms with E-state index in [9.17, 15) is 5.11 Å². The van der Waals surface area contributed by atoms with Gasteiger partial charge in [-0.2, -0.15) is 0 Å². The molecule has 1 fully saturated rings. The standard InChI is InChI=1S/C15H23BO3/c1-11-6-7-13(12(10-11)8-9-17)16-18-14(2,3)15(4,5)19-16/h6-7,10,17H,8-9H2,1-5H3. The molecule has 1 saturated heterocycles. The lowest BCUT2D eigenvalue weighted by molar-refractivity contribution is 0.00578. The zero-order valence-corrected chi connectivity index (χ0v) is 12.5. The van der Waals surface area contributed by atoms with E-state index >= 15 is 0 Å². The van der Waals surface area contributed by atoms with Gasteiger partial charge in [0.1, 0.15) is 0 Å². The molecule has 0 atom stereocenters. The van der Waals surface area contributed by atoms with Gasteiger partial charge in [-0.15, -0.1) is 0 Å². The van der Waals surface area contributed by atoms with Gasteiger partial charge in [0, 0.05) is 6.61 Å². The third-order valence-corrected chi connectivity index (χ3v) is 4.19. The van der Waals surface area contributed by atoms with Crippen LogP contribution in [0, 0.1) is 6.92 Å². The second-order valence-electron chi connectivity index (χ2n) is 6.26. The highest BCUT2D eigenvalue weighted by Gasteiger charge is 2.52. The lowest BCUT2D eigenvalue weighted by Gasteiger charge is -2.32. The second kappa shape index (κ2) is 4.93. The number of aliphatic hydroxyl groups is 1. The molecule has 0 aliphatic carbocycles. The summed E-state index contributed by atoms with van der Waals surface area (Å²) in [5.74, 6) is 0. The van der Waals surface area contributed by atoms with Crippen LogP contribution in [-0.2, 0) is 15.7 Å². The van der Waals surface area contributed by atoms with E-state index in [1.54, 1.807) is 0 Å². The molecule has 3 nitrogen and oxygen atoms in total. The summed E-state index contributed by atoms with van der Waals surface area (Å²) in [7, 11) is -0.354. The van der Waals surface area contributed by atoms with Crippen molar-refractivity contribution in [3.05, 3.63) is 29.3 Å². The van der Waals surface area contributed by atoms with Crippen molar-refractivity contribution in [2.24, 2.45) is 0 Å². The lowest BCUT2D eigenvalue weighted by atomic mass is 9.75. The van der Waals surface area contributed by atoms with Crippen molar-refractivity contribution < 1.29 is 14.4 Å². The third kappa shape index (κ3) is 2.71. The number of hydrogen-bond acceptors (Lipinski definition) is 3. The summed E-state index contributed by atoms with van der Waals surface area (Å²) in [6.07, 6.45) is 0.626. The molecule has 1 aliphatic rings. The molecule has 2 rings (SSSR count). The molecule has 1 aliphatic heterocycles. The van der Waals surface area contributed by atoms with E-state index in [-0.39, 0.29) is 24.9 Å². The van der Waals surface area contributed by atoms with Gasteiger partial charge in [0.2, 0.25) is 0 Å². The fraction of sp³-hybridized carbons (Fsp3) is 0.600. The first-order valence-electron chi connectivity index (χ1n) is 6.83. The number of benzene rings is 1. The zero-order chi connectivity index (χ0) is 14.3. The van der Waals surface area contributed by atoms with Gasteiger partial charge in [-0.05, 0) is 52.1 Å². The third-order valence-electron chi connectivity index (χ3n) is 4.19. The molecule has 0 spiro atoms. The molecule has 0 saturated carbocycles. The summed E-state index contributed by atoms with van der Waals surface area (Å²) in [5.41, 5.74) is 2.64. The van der Waals surface area contributed by atoms with E-state index in [2.05, 4.69) is 19.1 Å². The van der Waals surface area contributed by atoms with E-state index in [4.69, 9.17) is 9.31 Å². The van der Waals surface area contributed by atoms with Gasteiger partial charge in [-0.25, -0.2) is 0 Å². The van der Waals surface area contributed by atoms with E-state index < -0.39 is 0 Å². The molecule has 1 heterocycles. The molecule has 0 aromatic heterocycles. The van der Waals surface area contributed by atoms with Crippen LogP contribution in [0.15, 0.2) is 18.2 Å². The summed E-state index contributed by atoms with van der Waals surface area (Å²) in [6.45, 7) is 10.4. The van der Waals surface area contributed by atoms with E-state index in [1.165, 1.54) is 5.56 Å². The summed E-state index contributed by atoms with van der Waals surface area (Å²) in [4.78, 5) is 0. The Labute approximate surface area is 116 Å². The summed E-state index contributed by atoms with van der Waals surface area (Å²) >= 11 is 0. The van der Waals surface area contributed by atoms with Gasteiger partial charge in [0.15, 0.2) is 0 Å². The fourth-order valence-electron chi connectivity index (χ4n) is 2.27. The first-order chi connectivity index (χ1) is 8.77. The largest absolute Gasteiger partial charge is 0.495 e. The normalized spacial score (nSPS) is 20.8. The van der Waals surface area contributed by atoms with Crippen molar-refractivity contribution in [1.29, 1.82) is 0 Å². The molecule has 0 unspecified atom stereocenters. The van der Waals surface area contributed by atoms with Crippen LogP contribution in [-0.4, -0.2) is 30.0 Å². The smallest absolute Gasteiger partial charge is 0.399 e. The highest BCUT2D eigenvalue weighted by molar-refractivity contribution is 6.62. The Balaban J connectivity index is 2.34. The predicted molar refractivity (Wildman–Crippen MR) is 77.7 cm³/mol. The Morgan fingerprint density at radius 2 is 1.68 bits per heavy atom. The quantitative estimate of drug-likeness (QED) is 0.844. The maximum Gasteiger partial charge on any atom is 0.495 e. The van der Waals surface area contributed by atoms with Crippen LogP contribution in [0.3, 0.4) is 0 Å². The Bertz CT molecular complexity index is 452. The van der Waals surface area contributed by atoms with Crippen LogP contribution in [0.2, 0.25) is 0 Å². The SMILES string of the molecule is Cc1ccc(B2OC(C)(C)C(C)(C)O2)c(CCO)c1. The molecule has 0 radical (unpaired) electrons. The molecule has 1 aromatic rings. The van der Waals surface area contributed by atoms with Crippen LogP contribution in [0.25, 0.3) is 0 Å². The first kappa shape index (κ1) is 14.6. The molecule has 1 N–H and O–H groups in total. The molecule has 0 bridgehead atoms. The molecule has 1 aromatic carbocycles. The first-order valence-corrected chi connectivity index (χ1v) is 6.83. The molecule has 104 valence electrons. The van der Waals surface area contributed by atoms with Gasteiger partial charge >= 0.3 is 7.12 Å². The van der Waals surface area contributed by atoms with E-state index in [0.717, 1.165) is 11.0 Å². The van der Waals surface area contributed by atoms with E-state index in [1.807, 2.05) is 33.8 Å². The van der Waals surface area contributed by atoms with Gasteiger partial charge in [0.25, 0.3) is 0 Å². The highest BCUT2D eigenvalue weighted by Crippen LogP contribution is 2.36. The van der Waals surface area contributed by atoms with Crippen LogP contribution in [0.4, 0.5) is 0 Å². The molecular formula is C15H23BO3. The topological polar surface area (TPSA) is 38.7 Å². The van der Waals surface area contributed by atoms with Crippen molar-refractivity contribution in [3.8, 4) is 0 Å². The Morgan fingerprint density at radius 3 is 2.21 bits per heavy atom. The zero-order valence-electron chi connectivity index (χ0n) is 12.5. The lowest BCUT2D eigenvalue weighted by Crippen LogP contribution is -2.41. The highest BCUT2D eigenvalue weighted by atomic mass is 16.7. The Morgan fingerprint density at radius 1 is 1.11 bits per heavy atom. The van der Waals surface area contributed by atoms with Crippen LogP contribution in [0.1, 0.15) is 38.8 Å². The average molecular weight is 262 g/mol. The minimum absolute atomic E-state index is 0.135. The summed E-state index contributed by atoms with van der Waals surface area (Å²) < 4.78 is 12.1. The van der Waals surface area contributed by atoms with Crippen LogP contribution in [0.5, 0.6) is 0 Å². The fourth-order valence-corrected chi connectivity index (χ4v) is 2.27. The van der Waals surface area contributed by atoms with E-state index in [0.29, 0.717) is 6.42 Å². The van der Waals surface area contributed by atoms with Crippen LogP contribution < -0.4 is 5.46 Å². The summed E-state index contributed by atoms with van der Waals surface area (Å²) in [6, 6.07) is 6.19. The number of rotatable bonds is 3. The number of aliphatic hydroxyl groups excluding tert-OH is 1. The maximum absolute atomic E-state index is 9.20. The van der Waals surface area contributed by atoms with Crippen molar-refractivity contribution in [1.82, 2.24) is 0 Å². The predicted octanol–water partition coefficient (Wildman–Crippen LogP) is 1.83. The maximum atomic E-state index is 9.20. The van der Waals surface area contributed by atoms with Gasteiger partial charge in [-0.3, -0.25) is 0 Å². The number of aryl methyl sites for hydroxylation is 1. The Kier molecular flexibility index (Phi) is 3.78. The Hall–Kier alpha value is -0.835. The molecule has 19 heavy (non-hydrogen) atoms. The minimum atomic E-state index is -0.354. The average Bonchev–Trinajstić information content (AvgIpc) is 2.48. The molecule has 0 amide bonds. The van der Waals surface area contributed by atoms with Crippen molar-refractivity contribution in [2.45, 2.75) is 52.2 Å². The second-order valence-corrected chi connectivity index (χ2v) is 6.26. The van der Waals surface area contributed by atoms with Gasteiger partial charge in [0.05, 0.1) is 11.2 Å². The van der Waals surface area contributed by atoms with Crippen molar-refractivity contribution in [3.63, 3.8) is 0 Å². The van der Waals surface area contributed by atoms with Crippen molar-refractivity contribution >= 4 is 12.6 Å². The van der Waals surface area contributed by atoms with Crippen molar-refractivity contribution in [2.75, 3.05) is 6.61 Å². The summed E-state index contributed by atoms with van der Waals surface area (Å²) in [5, 5.41) is 9.20. The number of hydrogen-bond donors (Lipinski definition) is 1. The van der Waals surface area contributed by atoms with Gasteiger partial charge < -0.3 is 14.4 Å². The monoisotopic (exact) mass is 262 g/mol. The molecular weight excluding hydrogens is 239 g/mol. The van der Waals surface area contributed by atoms with Crippen LogP contribution >= 0.6 is 0 Å².